The van der Waals surface area contributed by atoms with Crippen LogP contribution in [-0.2, 0) is 19.4 Å². The van der Waals surface area contributed by atoms with Crippen molar-refractivity contribution in [3.05, 3.63) is 59.7 Å². The summed E-state index contributed by atoms with van der Waals surface area (Å²) in [4.78, 5) is 3.96. The van der Waals surface area contributed by atoms with Gasteiger partial charge in [-0.3, -0.25) is 0 Å². The topological polar surface area (TPSA) is 12.0 Å². The summed E-state index contributed by atoms with van der Waals surface area (Å²) in [6, 6.07) is 17.9. The van der Waals surface area contributed by atoms with Crippen LogP contribution in [-0.4, -0.2) is 13.8 Å². The first-order chi connectivity index (χ1) is 10.8. The van der Waals surface area contributed by atoms with Gasteiger partial charge in [-0.1, -0.05) is 61.6 Å². The average Bonchev–Trinajstić information content (AvgIpc) is 2.82. The van der Waals surface area contributed by atoms with Crippen LogP contribution < -0.4 is 4.98 Å². The number of hydrogen-bond acceptors (Lipinski definition) is 1. The van der Waals surface area contributed by atoms with Gasteiger partial charge in [0.2, 0.25) is 0 Å². The van der Waals surface area contributed by atoms with Crippen LogP contribution in [0.3, 0.4) is 0 Å². The van der Waals surface area contributed by atoms with E-state index in [0.29, 0.717) is 5.54 Å². The molecule has 0 radical (unpaired) electrons. The number of hydrogen-bond donors (Lipinski definition) is 1. The van der Waals surface area contributed by atoms with E-state index in [1.165, 1.54) is 41.6 Å². The summed E-state index contributed by atoms with van der Waals surface area (Å²) in [7, 11) is 2.98. The Balaban J connectivity index is 0.000000924. The molecule has 0 fully saturated rings. The van der Waals surface area contributed by atoms with Crippen molar-refractivity contribution in [1.29, 1.82) is 0 Å². The van der Waals surface area contributed by atoms with E-state index in [1.54, 1.807) is 0 Å². The molecule has 1 aliphatic rings. The molecule has 0 unspecified atom stereocenters. The van der Waals surface area contributed by atoms with Crippen LogP contribution in [0.15, 0.2) is 48.5 Å². The van der Waals surface area contributed by atoms with Crippen molar-refractivity contribution in [2.24, 2.45) is 0 Å². The van der Waals surface area contributed by atoms with Gasteiger partial charge < -0.3 is 4.98 Å². The Labute approximate surface area is 157 Å². The van der Waals surface area contributed by atoms with Gasteiger partial charge >= 0.3 is 28.7 Å². The van der Waals surface area contributed by atoms with Gasteiger partial charge in [0.05, 0.1) is 0 Å². The molecule has 0 spiro atoms. The standard InChI is InChI=1S/C19H25NSi.ClH.Ti/c1-19(2,3)20-21(4,5)18-16-12-8-6-10-14(16)15-11-7-9-13-17(15)18;;/h6-13,18,20H,1-5H3;1H;/q;;+1/p-1. The fraction of sp³-hybridized carbons (Fsp3) is 0.368. The molecule has 0 aliphatic heterocycles. The number of nitrogens with one attached hydrogen (secondary N) is 1. The SMILES string of the molecule is CC(C)(C)N[Si](C)(C)C1c2ccccc2-c2ccccc21.[Cl][Ti]. The van der Waals surface area contributed by atoms with Crippen molar-refractivity contribution >= 4 is 17.5 Å². The van der Waals surface area contributed by atoms with Crippen LogP contribution in [0.1, 0.15) is 37.4 Å². The molecule has 2 aromatic carbocycles. The second-order valence-electron chi connectivity index (χ2n) is 7.70. The molecule has 0 aromatic heterocycles. The Morgan fingerprint density at radius 1 is 0.870 bits per heavy atom. The molecule has 0 saturated carbocycles. The summed E-state index contributed by atoms with van der Waals surface area (Å²) in [6.07, 6.45) is 0. The summed E-state index contributed by atoms with van der Waals surface area (Å²) >= 11 is 1.47. The molecular weight excluding hydrogens is 354 g/mol. The van der Waals surface area contributed by atoms with Gasteiger partial charge in [-0.25, -0.2) is 0 Å². The zero-order valence-electron chi connectivity index (χ0n) is 14.6. The summed E-state index contributed by atoms with van der Waals surface area (Å²) in [5.74, 6) is 0. The molecule has 0 amide bonds. The van der Waals surface area contributed by atoms with Crippen LogP contribution in [0.4, 0.5) is 0 Å². The average molecular weight is 379 g/mol. The van der Waals surface area contributed by atoms with Crippen molar-refractivity contribution < 1.29 is 19.4 Å². The van der Waals surface area contributed by atoms with Gasteiger partial charge in [0.25, 0.3) is 0 Å². The van der Waals surface area contributed by atoms with Crippen molar-refractivity contribution in [3.8, 4) is 11.1 Å². The molecule has 0 bridgehead atoms. The zero-order valence-corrected chi connectivity index (χ0v) is 17.9. The molecule has 4 heteroatoms. The molecule has 1 nitrogen and oxygen atoms in total. The van der Waals surface area contributed by atoms with E-state index in [-0.39, 0.29) is 5.54 Å². The Kier molecular flexibility index (Phi) is 5.97. The number of rotatable bonds is 2. The van der Waals surface area contributed by atoms with Gasteiger partial charge in [-0.2, -0.15) is 0 Å². The number of halogens is 1. The van der Waals surface area contributed by atoms with Crippen molar-refractivity contribution in [3.63, 3.8) is 0 Å². The summed E-state index contributed by atoms with van der Waals surface area (Å²) < 4.78 is 0. The van der Waals surface area contributed by atoms with E-state index in [9.17, 15) is 0 Å². The third-order valence-corrected chi connectivity index (χ3v) is 7.71. The molecule has 3 rings (SSSR count). The second kappa shape index (κ2) is 7.25. The molecule has 0 saturated heterocycles. The van der Waals surface area contributed by atoms with E-state index in [2.05, 4.69) is 96.7 Å². The molecule has 23 heavy (non-hydrogen) atoms. The van der Waals surface area contributed by atoms with Gasteiger partial charge in [0.15, 0.2) is 0 Å². The number of fused-ring (bicyclic) bond motifs is 3. The molecule has 1 aliphatic carbocycles. The third kappa shape index (κ3) is 4.00. The van der Waals surface area contributed by atoms with Gasteiger partial charge in [-0.15, -0.1) is 0 Å². The fourth-order valence-corrected chi connectivity index (χ4v) is 8.11. The fourth-order valence-electron chi connectivity index (χ4n) is 3.97. The van der Waals surface area contributed by atoms with Gasteiger partial charge in [0, 0.05) is 11.1 Å². The van der Waals surface area contributed by atoms with E-state index >= 15 is 0 Å². The maximum absolute atomic E-state index is 4.64. The van der Waals surface area contributed by atoms with Crippen molar-refractivity contribution in [2.45, 2.75) is 44.9 Å². The molecule has 0 heterocycles. The Morgan fingerprint density at radius 3 is 1.65 bits per heavy atom. The third-order valence-electron chi connectivity index (χ3n) is 4.25. The minimum absolute atomic E-state index is 0.155. The predicted octanol–water partition coefficient (Wildman–Crippen LogP) is 5.62. The Bertz CT molecular complexity index is 634. The van der Waals surface area contributed by atoms with Crippen LogP contribution in [0.25, 0.3) is 11.1 Å². The first-order valence-corrected chi connectivity index (χ1v) is 13.2. The Hall–Kier alpha value is -0.379. The van der Waals surface area contributed by atoms with E-state index in [4.69, 9.17) is 0 Å². The monoisotopic (exact) mass is 378 g/mol. The van der Waals surface area contributed by atoms with Crippen LogP contribution >= 0.6 is 9.30 Å². The van der Waals surface area contributed by atoms with E-state index < -0.39 is 8.24 Å². The van der Waals surface area contributed by atoms with Crippen LogP contribution in [0, 0.1) is 0 Å². The normalized spacial score (nSPS) is 13.8. The second-order valence-corrected chi connectivity index (χ2v) is 12.0. The first kappa shape index (κ1) is 19.0. The van der Waals surface area contributed by atoms with Crippen LogP contribution in [0.2, 0.25) is 13.1 Å². The predicted molar refractivity (Wildman–Crippen MR) is 99.9 cm³/mol. The molecule has 121 valence electrons. The maximum atomic E-state index is 4.64. The minimum atomic E-state index is -1.66. The van der Waals surface area contributed by atoms with Crippen molar-refractivity contribution in [1.82, 2.24) is 4.98 Å². The molecule has 2 aromatic rings. The van der Waals surface area contributed by atoms with Gasteiger partial charge in [-0.05, 0) is 43.0 Å². The number of benzene rings is 2. The quantitative estimate of drug-likeness (QED) is 0.669. The Morgan fingerprint density at radius 2 is 1.26 bits per heavy atom. The summed E-state index contributed by atoms with van der Waals surface area (Å²) in [6.45, 7) is 11.7. The summed E-state index contributed by atoms with van der Waals surface area (Å²) in [5.41, 5.74) is 6.55. The molecular formula is C19H25ClNSiTi. The van der Waals surface area contributed by atoms with Gasteiger partial charge in [0.1, 0.15) is 8.24 Å². The zero-order chi connectivity index (χ0) is 17.3. The molecule has 1 N–H and O–H groups in total. The van der Waals surface area contributed by atoms with Crippen LogP contribution in [0.5, 0.6) is 0 Å². The van der Waals surface area contributed by atoms with E-state index in [0.717, 1.165) is 0 Å². The first-order valence-electron chi connectivity index (χ1n) is 7.96. The van der Waals surface area contributed by atoms with E-state index in [1.807, 2.05) is 0 Å². The van der Waals surface area contributed by atoms with Crippen molar-refractivity contribution in [2.75, 3.05) is 0 Å². The molecule has 0 atom stereocenters. The summed E-state index contributed by atoms with van der Waals surface area (Å²) in [5, 5.41) is 0.